The fourth-order valence-corrected chi connectivity index (χ4v) is 3.04. The molecule has 0 aromatic carbocycles. The van der Waals surface area contributed by atoms with Crippen LogP contribution in [0.2, 0.25) is 0 Å². The molecular weight excluding hydrogens is 256 g/mol. The molecule has 1 aromatic rings. The van der Waals surface area contributed by atoms with Gasteiger partial charge in [0.25, 0.3) is 10.0 Å². The van der Waals surface area contributed by atoms with Gasteiger partial charge in [0.2, 0.25) is 0 Å². The highest BCUT2D eigenvalue weighted by atomic mass is 32.2. The monoisotopic (exact) mass is 272 g/mol. The topological polar surface area (TPSA) is 99.6 Å². The smallest absolute Gasteiger partial charge is 0.255 e. The van der Waals surface area contributed by atoms with Crippen LogP contribution in [-0.2, 0) is 21.9 Å². The van der Waals surface area contributed by atoms with Crippen LogP contribution in [0.25, 0.3) is 0 Å². The molecule has 0 unspecified atom stereocenters. The highest BCUT2D eigenvalue weighted by Gasteiger charge is 2.35. The summed E-state index contributed by atoms with van der Waals surface area (Å²) >= 11 is 0. The minimum atomic E-state index is -3.85. The lowest BCUT2D eigenvalue weighted by atomic mass is 9.98. The van der Waals surface area contributed by atoms with Gasteiger partial charge < -0.3 is 4.84 Å². The fourth-order valence-electron chi connectivity index (χ4n) is 2.08. The van der Waals surface area contributed by atoms with Crippen molar-refractivity contribution >= 4 is 15.7 Å². The number of aromatic nitrogens is 2. The average molecular weight is 272 g/mol. The number of hydrogen-bond acceptors (Lipinski definition) is 5. The molecule has 0 fully saturated rings. The number of nitrogens with two attached hydrogens (primary N) is 1. The minimum absolute atomic E-state index is 0.0277. The molecule has 0 radical (unpaired) electrons. The van der Waals surface area contributed by atoms with Crippen molar-refractivity contribution in [3.63, 3.8) is 0 Å². The minimum Gasteiger partial charge on any atom is -0.389 e. The molecule has 2 heterocycles. The quantitative estimate of drug-likeness (QED) is 0.835. The van der Waals surface area contributed by atoms with Gasteiger partial charge in [0.15, 0.2) is 5.03 Å². The molecule has 1 aliphatic heterocycles. The Morgan fingerprint density at radius 1 is 1.44 bits per heavy atom. The first kappa shape index (κ1) is 13.0. The standard InChI is InChI=1S/C10H16N4O3S/c1-6-8(7-5-10(2,3)17-13-7)9(14(4)12-6)18(11,15)16/h5H2,1-4H3,(H2,11,15,16). The lowest BCUT2D eigenvalue weighted by Crippen LogP contribution is -2.22. The average Bonchev–Trinajstić information content (AvgIpc) is 2.65. The van der Waals surface area contributed by atoms with Gasteiger partial charge in [-0.25, -0.2) is 13.6 Å². The maximum atomic E-state index is 11.6. The molecular formula is C10H16N4O3S. The number of sulfonamides is 1. The maximum Gasteiger partial charge on any atom is 0.255 e. The summed E-state index contributed by atoms with van der Waals surface area (Å²) in [6.07, 6.45) is 0.516. The first-order chi connectivity index (χ1) is 8.12. The normalized spacial score (nSPS) is 18.6. The molecule has 0 saturated carbocycles. The van der Waals surface area contributed by atoms with Crippen molar-refractivity contribution in [3.8, 4) is 0 Å². The van der Waals surface area contributed by atoms with E-state index in [0.29, 0.717) is 23.4 Å². The Morgan fingerprint density at radius 2 is 2.06 bits per heavy atom. The molecule has 1 aromatic heterocycles. The van der Waals surface area contributed by atoms with E-state index in [-0.39, 0.29) is 5.03 Å². The number of oxime groups is 1. The van der Waals surface area contributed by atoms with Crippen molar-refractivity contribution in [1.29, 1.82) is 0 Å². The van der Waals surface area contributed by atoms with E-state index in [4.69, 9.17) is 9.98 Å². The van der Waals surface area contributed by atoms with Crippen LogP contribution in [0.4, 0.5) is 0 Å². The van der Waals surface area contributed by atoms with Gasteiger partial charge in [0.05, 0.1) is 17.0 Å². The van der Waals surface area contributed by atoms with Crippen molar-refractivity contribution in [2.24, 2.45) is 17.3 Å². The molecule has 0 bridgehead atoms. The Balaban J connectivity index is 2.60. The Hall–Kier alpha value is -1.41. The zero-order chi connectivity index (χ0) is 13.7. The molecule has 7 nitrogen and oxygen atoms in total. The molecule has 0 aliphatic carbocycles. The van der Waals surface area contributed by atoms with Gasteiger partial charge in [-0.3, -0.25) is 4.68 Å². The molecule has 0 spiro atoms. The van der Waals surface area contributed by atoms with E-state index < -0.39 is 15.6 Å². The lowest BCUT2D eigenvalue weighted by Gasteiger charge is -2.13. The molecule has 0 saturated heterocycles. The molecule has 2 N–H and O–H groups in total. The van der Waals surface area contributed by atoms with Crippen LogP contribution < -0.4 is 5.14 Å². The van der Waals surface area contributed by atoms with E-state index in [2.05, 4.69) is 10.3 Å². The second-order valence-corrected chi connectivity index (χ2v) is 6.48. The van der Waals surface area contributed by atoms with E-state index in [1.54, 1.807) is 6.92 Å². The summed E-state index contributed by atoms with van der Waals surface area (Å²) in [5, 5.41) is 13.2. The zero-order valence-corrected chi connectivity index (χ0v) is 11.6. The van der Waals surface area contributed by atoms with Crippen molar-refractivity contribution in [2.75, 3.05) is 0 Å². The fraction of sp³-hybridized carbons (Fsp3) is 0.600. The van der Waals surface area contributed by atoms with E-state index in [0.717, 1.165) is 0 Å². The summed E-state index contributed by atoms with van der Waals surface area (Å²) in [5.41, 5.74) is 1.15. The zero-order valence-electron chi connectivity index (χ0n) is 10.8. The van der Waals surface area contributed by atoms with Crippen LogP contribution in [0.3, 0.4) is 0 Å². The number of primary sulfonamides is 1. The van der Waals surface area contributed by atoms with Gasteiger partial charge in [0.1, 0.15) is 5.60 Å². The summed E-state index contributed by atoms with van der Waals surface area (Å²) in [5.74, 6) is 0. The summed E-state index contributed by atoms with van der Waals surface area (Å²) in [6, 6.07) is 0. The number of rotatable bonds is 2. The Morgan fingerprint density at radius 3 is 2.50 bits per heavy atom. The van der Waals surface area contributed by atoms with E-state index in [1.165, 1.54) is 11.7 Å². The third kappa shape index (κ3) is 2.13. The largest absolute Gasteiger partial charge is 0.389 e. The Labute approximate surface area is 106 Å². The van der Waals surface area contributed by atoms with E-state index in [9.17, 15) is 8.42 Å². The third-order valence-electron chi connectivity index (χ3n) is 2.72. The second kappa shape index (κ2) is 3.79. The highest BCUT2D eigenvalue weighted by molar-refractivity contribution is 7.89. The SMILES string of the molecule is Cc1nn(C)c(S(N)(=O)=O)c1C1=NOC(C)(C)C1. The van der Waals surface area contributed by atoms with Crippen LogP contribution >= 0.6 is 0 Å². The molecule has 8 heteroatoms. The molecule has 1 aliphatic rings. The van der Waals surface area contributed by atoms with Gasteiger partial charge in [-0.15, -0.1) is 0 Å². The van der Waals surface area contributed by atoms with Gasteiger partial charge in [-0.1, -0.05) is 5.16 Å². The van der Waals surface area contributed by atoms with Crippen LogP contribution in [0.1, 0.15) is 31.5 Å². The first-order valence-electron chi connectivity index (χ1n) is 5.43. The molecule has 2 rings (SSSR count). The predicted octanol–water partition coefficient (Wildman–Crippen LogP) is 0.279. The number of aryl methyl sites for hydroxylation is 2. The molecule has 0 amide bonds. The maximum absolute atomic E-state index is 11.6. The Bertz CT molecular complexity index is 628. The van der Waals surface area contributed by atoms with Crippen LogP contribution in [0.15, 0.2) is 10.2 Å². The summed E-state index contributed by atoms with van der Waals surface area (Å²) in [4.78, 5) is 5.25. The molecule has 100 valence electrons. The van der Waals surface area contributed by atoms with Crippen molar-refractivity contribution in [3.05, 3.63) is 11.3 Å². The van der Waals surface area contributed by atoms with Gasteiger partial charge in [-0.2, -0.15) is 5.10 Å². The number of nitrogens with zero attached hydrogens (tertiary/aromatic N) is 3. The predicted molar refractivity (Wildman–Crippen MR) is 65.6 cm³/mol. The van der Waals surface area contributed by atoms with Crippen molar-refractivity contribution in [2.45, 2.75) is 37.8 Å². The lowest BCUT2D eigenvalue weighted by molar-refractivity contribution is 0.0123. The summed E-state index contributed by atoms with van der Waals surface area (Å²) < 4.78 is 24.5. The molecule has 0 atom stereocenters. The van der Waals surface area contributed by atoms with Crippen LogP contribution in [0.5, 0.6) is 0 Å². The molecule has 18 heavy (non-hydrogen) atoms. The van der Waals surface area contributed by atoms with E-state index in [1.807, 2.05) is 13.8 Å². The number of hydrogen-bond donors (Lipinski definition) is 1. The van der Waals surface area contributed by atoms with Gasteiger partial charge >= 0.3 is 0 Å². The van der Waals surface area contributed by atoms with Crippen molar-refractivity contribution in [1.82, 2.24) is 9.78 Å². The van der Waals surface area contributed by atoms with Gasteiger partial charge in [0, 0.05) is 13.5 Å². The second-order valence-electron chi connectivity index (χ2n) is 5.00. The van der Waals surface area contributed by atoms with Crippen LogP contribution in [-0.4, -0.2) is 29.5 Å². The highest BCUT2D eigenvalue weighted by Crippen LogP contribution is 2.29. The van der Waals surface area contributed by atoms with Crippen LogP contribution in [0, 0.1) is 6.92 Å². The third-order valence-corrected chi connectivity index (χ3v) is 3.73. The first-order valence-corrected chi connectivity index (χ1v) is 6.98. The van der Waals surface area contributed by atoms with Gasteiger partial charge in [-0.05, 0) is 20.8 Å². The summed E-state index contributed by atoms with van der Waals surface area (Å²) in [6.45, 7) is 5.48. The summed E-state index contributed by atoms with van der Waals surface area (Å²) in [7, 11) is -2.31. The Kier molecular flexibility index (Phi) is 2.74. The van der Waals surface area contributed by atoms with Crippen molar-refractivity contribution < 1.29 is 13.3 Å². The van der Waals surface area contributed by atoms with E-state index >= 15 is 0 Å².